The molecule has 0 unspecified atom stereocenters. The summed E-state index contributed by atoms with van der Waals surface area (Å²) >= 11 is 0. The Morgan fingerprint density at radius 2 is 1.43 bits per heavy atom. The molecule has 0 saturated heterocycles. The molecule has 1 aromatic carbocycles. The fourth-order valence-corrected chi connectivity index (χ4v) is 0.983. The van der Waals surface area contributed by atoms with Crippen LogP contribution in [0.3, 0.4) is 0 Å². The highest BCUT2D eigenvalue weighted by molar-refractivity contribution is 7.85. The highest BCUT2D eigenvalue weighted by atomic mass is 32.2. The van der Waals surface area contributed by atoms with E-state index in [1.165, 1.54) is 0 Å². The van der Waals surface area contributed by atoms with E-state index >= 15 is 0 Å². The van der Waals surface area contributed by atoms with E-state index in [1.807, 2.05) is 36.4 Å². The maximum atomic E-state index is 10.1. The molecule has 0 aromatic heterocycles. The standard InChI is InChI=1S/C6H6.C3H9NO3S/c1-2-4-6-5-3-1;1-8(5,6)7-3-2-4/h1-6H;2-4H2,1H3. The molecule has 2 N–H and O–H groups in total. The zero-order valence-corrected chi connectivity index (χ0v) is 8.91. The Bertz CT molecular complexity index is 283. The second-order valence-electron chi connectivity index (χ2n) is 2.47. The number of rotatable bonds is 3. The van der Waals surface area contributed by atoms with Gasteiger partial charge in [-0.25, -0.2) is 0 Å². The van der Waals surface area contributed by atoms with Crippen molar-refractivity contribution in [3.63, 3.8) is 0 Å². The molecule has 1 rings (SSSR count). The van der Waals surface area contributed by atoms with Crippen molar-refractivity contribution in [3.8, 4) is 0 Å². The van der Waals surface area contributed by atoms with Crippen LogP contribution in [0.15, 0.2) is 36.4 Å². The molecular weight excluding hydrogens is 202 g/mol. The first-order valence-electron chi connectivity index (χ1n) is 4.11. The maximum absolute atomic E-state index is 10.1. The van der Waals surface area contributed by atoms with E-state index in [9.17, 15) is 8.42 Å². The highest BCUT2D eigenvalue weighted by Gasteiger charge is 1.97. The second-order valence-corrected chi connectivity index (χ2v) is 4.11. The van der Waals surface area contributed by atoms with Crippen molar-refractivity contribution in [2.24, 2.45) is 5.73 Å². The number of benzene rings is 1. The maximum Gasteiger partial charge on any atom is 0.264 e. The lowest BCUT2D eigenvalue weighted by Crippen LogP contribution is -2.12. The lowest BCUT2D eigenvalue weighted by atomic mass is 10.4. The first-order valence-corrected chi connectivity index (χ1v) is 5.92. The van der Waals surface area contributed by atoms with Crippen LogP contribution >= 0.6 is 0 Å². The van der Waals surface area contributed by atoms with Crippen LogP contribution in [-0.2, 0) is 14.3 Å². The molecule has 5 heteroatoms. The van der Waals surface area contributed by atoms with Crippen molar-refractivity contribution in [1.29, 1.82) is 0 Å². The van der Waals surface area contributed by atoms with Crippen molar-refractivity contribution in [3.05, 3.63) is 36.4 Å². The zero-order chi connectivity index (χ0) is 10.9. The van der Waals surface area contributed by atoms with E-state index in [0.29, 0.717) is 0 Å². The Kier molecular flexibility index (Phi) is 7.00. The monoisotopic (exact) mass is 217 g/mol. The number of hydrogen-bond donors (Lipinski definition) is 1. The van der Waals surface area contributed by atoms with E-state index in [0.717, 1.165) is 6.26 Å². The lowest BCUT2D eigenvalue weighted by molar-refractivity contribution is 0.331. The van der Waals surface area contributed by atoms with E-state index in [-0.39, 0.29) is 13.2 Å². The largest absolute Gasteiger partial charge is 0.328 e. The Balaban J connectivity index is 0.000000249. The first kappa shape index (κ1) is 13.1. The Morgan fingerprint density at radius 3 is 1.57 bits per heavy atom. The van der Waals surface area contributed by atoms with Crippen LogP contribution in [0.5, 0.6) is 0 Å². The Labute approximate surface area is 84.8 Å². The molecule has 0 heterocycles. The van der Waals surface area contributed by atoms with Gasteiger partial charge in [0, 0.05) is 6.54 Å². The normalized spacial score (nSPS) is 10.1. The fraction of sp³-hybridized carbons (Fsp3) is 0.333. The minimum absolute atomic E-state index is 0.0683. The van der Waals surface area contributed by atoms with Gasteiger partial charge >= 0.3 is 0 Å². The summed E-state index contributed by atoms with van der Waals surface area (Å²) in [5.41, 5.74) is 4.95. The molecule has 0 atom stereocenters. The summed E-state index contributed by atoms with van der Waals surface area (Å²) in [4.78, 5) is 0. The molecule has 0 saturated carbocycles. The SMILES string of the molecule is CS(=O)(=O)OCCN.c1ccccc1. The van der Waals surface area contributed by atoms with Gasteiger partial charge in [0.15, 0.2) is 0 Å². The molecule has 0 aliphatic heterocycles. The molecular formula is C9H15NO3S. The topological polar surface area (TPSA) is 69.4 Å². The molecule has 0 aliphatic carbocycles. The second kappa shape index (κ2) is 7.49. The molecule has 0 bridgehead atoms. The summed E-state index contributed by atoms with van der Waals surface area (Å²) in [5, 5.41) is 0. The summed E-state index contributed by atoms with van der Waals surface area (Å²) in [6.45, 7) is 0.298. The predicted octanol–water partition coefficient (Wildman–Crippen LogP) is 0.608. The van der Waals surface area contributed by atoms with Gasteiger partial charge in [-0.05, 0) is 0 Å². The number of nitrogens with two attached hydrogens (primary N) is 1. The van der Waals surface area contributed by atoms with Gasteiger partial charge in [0.25, 0.3) is 10.1 Å². The van der Waals surface area contributed by atoms with E-state index in [1.54, 1.807) is 0 Å². The van der Waals surface area contributed by atoms with Crippen molar-refractivity contribution in [2.45, 2.75) is 0 Å². The summed E-state index contributed by atoms with van der Waals surface area (Å²) in [6.07, 6.45) is 0.989. The van der Waals surface area contributed by atoms with Gasteiger partial charge in [-0.3, -0.25) is 4.18 Å². The van der Waals surface area contributed by atoms with Gasteiger partial charge < -0.3 is 5.73 Å². The van der Waals surface area contributed by atoms with Crippen LogP contribution in [0.1, 0.15) is 0 Å². The summed E-state index contributed by atoms with van der Waals surface area (Å²) < 4.78 is 24.5. The van der Waals surface area contributed by atoms with E-state index in [4.69, 9.17) is 5.73 Å². The third kappa shape index (κ3) is 11.1. The van der Waals surface area contributed by atoms with Crippen LogP contribution in [0, 0.1) is 0 Å². The molecule has 0 amide bonds. The summed E-state index contributed by atoms with van der Waals surface area (Å²) in [7, 11) is -3.27. The predicted molar refractivity (Wildman–Crippen MR) is 56.3 cm³/mol. The summed E-state index contributed by atoms with van der Waals surface area (Å²) in [5.74, 6) is 0. The van der Waals surface area contributed by atoms with Gasteiger partial charge in [0.1, 0.15) is 0 Å². The van der Waals surface area contributed by atoms with Crippen molar-refractivity contribution in [1.82, 2.24) is 0 Å². The summed E-state index contributed by atoms with van der Waals surface area (Å²) in [6, 6.07) is 12.0. The third-order valence-electron chi connectivity index (χ3n) is 1.08. The fourth-order valence-electron chi connectivity index (χ4n) is 0.584. The van der Waals surface area contributed by atoms with E-state index in [2.05, 4.69) is 4.18 Å². The number of hydrogen-bond acceptors (Lipinski definition) is 4. The molecule has 14 heavy (non-hydrogen) atoms. The average molecular weight is 217 g/mol. The Hall–Kier alpha value is -0.910. The lowest BCUT2D eigenvalue weighted by Gasteiger charge is -1.94. The molecule has 80 valence electrons. The minimum atomic E-state index is -3.27. The smallest absolute Gasteiger partial charge is 0.264 e. The molecule has 0 fully saturated rings. The minimum Gasteiger partial charge on any atom is -0.328 e. The van der Waals surface area contributed by atoms with Crippen molar-refractivity contribution >= 4 is 10.1 Å². The molecule has 1 aromatic rings. The van der Waals surface area contributed by atoms with Crippen LogP contribution in [-0.4, -0.2) is 27.8 Å². The first-order chi connectivity index (χ1) is 6.56. The van der Waals surface area contributed by atoms with Crippen LogP contribution < -0.4 is 5.73 Å². The molecule has 4 nitrogen and oxygen atoms in total. The molecule has 0 aliphatic rings. The van der Waals surface area contributed by atoms with Gasteiger partial charge in [-0.1, -0.05) is 36.4 Å². The molecule has 0 radical (unpaired) electrons. The van der Waals surface area contributed by atoms with Crippen LogP contribution in [0.25, 0.3) is 0 Å². The highest BCUT2D eigenvalue weighted by Crippen LogP contribution is 1.82. The van der Waals surface area contributed by atoms with Crippen molar-refractivity contribution < 1.29 is 12.6 Å². The third-order valence-corrected chi connectivity index (χ3v) is 1.68. The zero-order valence-electron chi connectivity index (χ0n) is 8.09. The van der Waals surface area contributed by atoms with Gasteiger partial charge in [-0.2, -0.15) is 8.42 Å². The van der Waals surface area contributed by atoms with E-state index < -0.39 is 10.1 Å². The van der Waals surface area contributed by atoms with Crippen molar-refractivity contribution in [2.75, 3.05) is 19.4 Å². The van der Waals surface area contributed by atoms with Crippen LogP contribution in [0.2, 0.25) is 0 Å². The quantitative estimate of drug-likeness (QED) is 0.753. The van der Waals surface area contributed by atoms with Gasteiger partial charge in [0.05, 0.1) is 12.9 Å². The van der Waals surface area contributed by atoms with Gasteiger partial charge in [-0.15, -0.1) is 0 Å². The Morgan fingerprint density at radius 1 is 1.07 bits per heavy atom. The van der Waals surface area contributed by atoms with Gasteiger partial charge in [0.2, 0.25) is 0 Å². The molecule has 0 spiro atoms. The van der Waals surface area contributed by atoms with Crippen LogP contribution in [0.4, 0.5) is 0 Å². The average Bonchev–Trinajstić information content (AvgIpc) is 2.17.